The molecular formula is C23H19ClFN5O. The number of nitrogens with one attached hydrogen (secondary N) is 1. The standard InChI is InChI=1S/C23H19ClFN5O/c24-16-6-4-15(5-7-16)14-29-21(12-13-26-29)27-23(31)22-19-2-1-3-20(19)30(28-22)18-10-8-17(25)9-11-18/h4-13H,1-3,14H2,(H,27,31). The Balaban J connectivity index is 1.41. The van der Waals surface area contributed by atoms with Crippen molar-refractivity contribution in [3.8, 4) is 5.69 Å². The van der Waals surface area contributed by atoms with E-state index in [0.29, 0.717) is 23.1 Å². The van der Waals surface area contributed by atoms with Gasteiger partial charge < -0.3 is 5.32 Å². The second kappa shape index (κ2) is 8.00. The number of halogens is 2. The van der Waals surface area contributed by atoms with E-state index in [1.54, 1.807) is 33.8 Å². The highest BCUT2D eigenvalue weighted by Crippen LogP contribution is 2.28. The van der Waals surface area contributed by atoms with Crippen LogP contribution in [-0.4, -0.2) is 25.5 Å². The van der Waals surface area contributed by atoms with Crippen molar-refractivity contribution in [2.75, 3.05) is 5.32 Å². The number of hydrogen-bond acceptors (Lipinski definition) is 3. The molecule has 0 atom stereocenters. The molecule has 0 spiro atoms. The number of aromatic nitrogens is 4. The molecule has 2 aromatic carbocycles. The minimum absolute atomic E-state index is 0.281. The number of nitrogens with zero attached hydrogens (tertiary/aromatic N) is 4. The van der Waals surface area contributed by atoms with E-state index in [2.05, 4.69) is 15.5 Å². The number of carbonyl (C=O) groups is 1. The molecule has 1 aliphatic carbocycles. The molecule has 2 heterocycles. The van der Waals surface area contributed by atoms with Gasteiger partial charge in [-0.2, -0.15) is 10.2 Å². The quantitative estimate of drug-likeness (QED) is 0.496. The Hall–Kier alpha value is -3.45. The first-order chi connectivity index (χ1) is 15.1. The molecule has 0 unspecified atom stereocenters. The van der Waals surface area contributed by atoms with Gasteiger partial charge in [0.25, 0.3) is 5.91 Å². The summed E-state index contributed by atoms with van der Waals surface area (Å²) in [5.74, 6) is -0.000589. The van der Waals surface area contributed by atoms with Gasteiger partial charge in [0.1, 0.15) is 11.6 Å². The molecule has 4 aromatic rings. The first kappa shape index (κ1) is 19.5. The predicted octanol–water partition coefficient (Wildman–Crippen LogP) is 4.65. The molecule has 31 heavy (non-hydrogen) atoms. The fraction of sp³-hybridized carbons (Fsp3) is 0.174. The van der Waals surface area contributed by atoms with E-state index < -0.39 is 0 Å². The monoisotopic (exact) mass is 435 g/mol. The highest BCUT2D eigenvalue weighted by atomic mass is 35.5. The third kappa shape index (κ3) is 3.84. The molecule has 6 nitrogen and oxygen atoms in total. The number of rotatable bonds is 5. The Kier molecular flexibility index (Phi) is 5.03. The SMILES string of the molecule is O=C(Nc1ccnn1Cc1ccc(Cl)cc1)c1nn(-c2ccc(F)cc2)c2c1CCC2. The maximum Gasteiger partial charge on any atom is 0.277 e. The Morgan fingerprint density at radius 3 is 2.61 bits per heavy atom. The van der Waals surface area contributed by atoms with Crippen molar-refractivity contribution in [2.24, 2.45) is 0 Å². The number of anilines is 1. The maximum absolute atomic E-state index is 13.3. The summed E-state index contributed by atoms with van der Waals surface area (Å²) >= 11 is 5.95. The van der Waals surface area contributed by atoms with Crippen LogP contribution in [0.5, 0.6) is 0 Å². The number of carbonyl (C=O) groups excluding carboxylic acids is 1. The van der Waals surface area contributed by atoms with E-state index in [9.17, 15) is 9.18 Å². The molecular weight excluding hydrogens is 417 g/mol. The topological polar surface area (TPSA) is 64.7 Å². The zero-order chi connectivity index (χ0) is 21.4. The van der Waals surface area contributed by atoms with Crippen LogP contribution < -0.4 is 5.32 Å². The van der Waals surface area contributed by atoms with Crippen LogP contribution in [0.1, 0.15) is 33.7 Å². The van der Waals surface area contributed by atoms with Crippen LogP contribution in [0, 0.1) is 5.82 Å². The fourth-order valence-electron chi connectivity index (χ4n) is 3.92. The van der Waals surface area contributed by atoms with Gasteiger partial charge in [-0.25, -0.2) is 13.8 Å². The number of amides is 1. The molecule has 1 amide bonds. The van der Waals surface area contributed by atoms with Crippen molar-refractivity contribution >= 4 is 23.3 Å². The molecule has 0 radical (unpaired) electrons. The van der Waals surface area contributed by atoms with Crippen LogP contribution in [-0.2, 0) is 19.4 Å². The lowest BCUT2D eigenvalue weighted by molar-refractivity contribution is 0.102. The molecule has 1 aliphatic rings. The van der Waals surface area contributed by atoms with E-state index in [1.165, 1.54) is 12.1 Å². The average molecular weight is 436 g/mol. The molecule has 0 fully saturated rings. The largest absolute Gasteiger partial charge is 0.305 e. The van der Waals surface area contributed by atoms with E-state index in [1.807, 2.05) is 24.3 Å². The average Bonchev–Trinajstić information content (AvgIpc) is 3.48. The van der Waals surface area contributed by atoms with E-state index in [4.69, 9.17) is 11.6 Å². The van der Waals surface area contributed by atoms with Crippen molar-refractivity contribution in [1.29, 1.82) is 0 Å². The lowest BCUT2D eigenvalue weighted by Crippen LogP contribution is -2.18. The van der Waals surface area contributed by atoms with Gasteiger partial charge in [0.2, 0.25) is 0 Å². The normalized spacial score (nSPS) is 12.7. The summed E-state index contributed by atoms with van der Waals surface area (Å²) in [4.78, 5) is 13.1. The van der Waals surface area contributed by atoms with Crippen LogP contribution in [0.3, 0.4) is 0 Å². The molecule has 0 saturated carbocycles. The highest BCUT2D eigenvalue weighted by Gasteiger charge is 2.27. The minimum Gasteiger partial charge on any atom is -0.305 e. The second-order valence-electron chi connectivity index (χ2n) is 7.47. The number of hydrogen-bond donors (Lipinski definition) is 1. The first-order valence-corrected chi connectivity index (χ1v) is 10.4. The number of benzene rings is 2. The predicted molar refractivity (Wildman–Crippen MR) is 116 cm³/mol. The Morgan fingerprint density at radius 2 is 1.84 bits per heavy atom. The van der Waals surface area contributed by atoms with Crippen molar-refractivity contribution in [3.05, 3.63) is 94.1 Å². The molecule has 0 bridgehead atoms. The van der Waals surface area contributed by atoms with Crippen molar-refractivity contribution in [3.63, 3.8) is 0 Å². The summed E-state index contributed by atoms with van der Waals surface area (Å²) in [6.07, 6.45) is 4.24. The summed E-state index contributed by atoms with van der Waals surface area (Å²) in [6.45, 7) is 0.502. The van der Waals surface area contributed by atoms with Crippen LogP contribution in [0.15, 0.2) is 60.8 Å². The summed E-state index contributed by atoms with van der Waals surface area (Å²) < 4.78 is 16.8. The molecule has 2 aromatic heterocycles. The molecule has 8 heteroatoms. The highest BCUT2D eigenvalue weighted by molar-refractivity contribution is 6.30. The second-order valence-corrected chi connectivity index (χ2v) is 7.91. The van der Waals surface area contributed by atoms with Gasteiger partial charge in [-0.1, -0.05) is 23.7 Å². The van der Waals surface area contributed by atoms with Gasteiger partial charge in [-0.3, -0.25) is 4.79 Å². The third-order valence-electron chi connectivity index (χ3n) is 5.42. The minimum atomic E-state index is -0.306. The van der Waals surface area contributed by atoms with E-state index in [0.717, 1.165) is 41.8 Å². The van der Waals surface area contributed by atoms with Gasteiger partial charge in [0, 0.05) is 22.3 Å². The Labute approximate surface area is 183 Å². The molecule has 0 saturated heterocycles. The van der Waals surface area contributed by atoms with Crippen LogP contribution in [0.4, 0.5) is 10.2 Å². The fourth-order valence-corrected chi connectivity index (χ4v) is 4.04. The Bertz CT molecular complexity index is 1240. The van der Waals surface area contributed by atoms with E-state index in [-0.39, 0.29) is 11.7 Å². The van der Waals surface area contributed by atoms with Gasteiger partial charge in [-0.05, 0) is 61.2 Å². The summed E-state index contributed by atoms with van der Waals surface area (Å²) in [7, 11) is 0. The zero-order valence-corrected chi connectivity index (χ0v) is 17.3. The molecule has 156 valence electrons. The smallest absolute Gasteiger partial charge is 0.277 e. The molecule has 1 N–H and O–H groups in total. The van der Waals surface area contributed by atoms with Crippen molar-refractivity contribution in [1.82, 2.24) is 19.6 Å². The van der Waals surface area contributed by atoms with Crippen molar-refractivity contribution < 1.29 is 9.18 Å². The van der Waals surface area contributed by atoms with Crippen LogP contribution in [0.2, 0.25) is 5.02 Å². The summed E-state index contributed by atoms with van der Waals surface area (Å²) in [5, 5.41) is 12.5. The van der Waals surface area contributed by atoms with Gasteiger partial charge in [-0.15, -0.1) is 0 Å². The summed E-state index contributed by atoms with van der Waals surface area (Å²) in [5.41, 5.74) is 4.12. The first-order valence-electron chi connectivity index (χ1n) is 10.0. The van der Waals surface area contributed by atoms with Crippen molar-refractivity contribution in [2.45, 2.75) is 25.8 Å². The van der Waals surface area contributed by atoms with Gasteiger partial charge >= 0.3 is 0 Å². The maximum atomic E-state index is 13.3. The Morgan fingerprint density at radius 1 is 1.06 bits per heavy atom. The zero-order valence-electron chi connectivity index (χ0n) is 16.6. The third-order valence-corrected chi connectivity index (χ3v) is 5.67. The van der Waals surface area contributed by atoms with Crippen LogP contribution in [0.25, 0.3) is 5.69 Å². The van der Waals surface area contributed by atoms with Gasteiger partial charge in [0.15, 0.2) is 5.69 Å². The van der Waals surface area contributed by atoms with Crippen LogP contribution >= 0.6 is 11.6 Å². The molecule has 0 aliphatic heterocycles. The lowest BCUT2D eigenvalue weighted by Gasteiger charge is -2.09. The van der Waals surface area contributed by atoms with E-state index >= 15 is 0 Å². The van der Waals surface area contributed by atoms with Gasteiger partial charge in [0.05, 0.1) is 18.4 Å². The lowest BCUT2D eigenvalue weighted by atomic mass is 10.2. The number of fused-ring (bicyclic) bond motifs is 1. The summed E-state index contributed by atoms with van der Waals surface area (Å²) in [6, 6.07) is 15.4. The molecule has 5 rings (SSSR count).